The van der Waals surface area contributed by atoms with E-state index in [-0.39, 0.29) is 5.91 Å². The Balaban J connectivity index is 2.07. The number of ether oxygens (including phenoxy) is 1. The number of nitrogens with one attached hydrogen (secondary N) is 2. The van der Waals surface area contributed by atoms with Crippen LogP contribution in [0.25, 0.3) is 0 Å². The van der Waals surface area contributed by atoms with Gasteiger partial charge in [-0.15, -0.1) is 22.7 Å². The third kappa shape index (κ3) is 3.68. The van der Waals surface area contributed by atoms with Crippen molar-refractivity contribution in [3.63, 3.8) is 0 Å². The Morgan fingerprint density at radius 3 is 2.90 bits per heavy atom. The molecule has 0 aliphatic heterocycles. The van der Waals surface area contributed by atoms with Crippen molar-refractivity contribution in [2.75, 3.05) is 31.2 Å². The Morgan fingerprint density at radius 2 is 2.29 bits per heavy atom. The molecule has 0 saturated carbocycles. The normalized spacial score (nSPS) is 10.4. The highest BCUT2D eigenvalue weighted by molar-refractivity contribution is 7.19. The van der Waals surface area contributed by atoms with E-state index in [0.717, 1.165) is 18.0 Å². The molecule has 0 radical (unpaired) electrons. The average molecular weight is 325 g/mol. The van der Waals surface area contributed by atoms with E-state index in [9.17, 15) is 4.79 Å². The van der Waals surface area contributed by atoms with E-state index in [1.165, 1.54) is 16.2 Å². The Labute approximate surface area is 132 Å². The number of carbonyl (C=O) groups is 1. The Kier molecular flexibility index (Phi) is 5.46. The highest BCUT2D eigenvalue weighted by Gasteiger charge is 2.21. The molecule has 0 atom stereocenters. The Morgan fingerprint density at radius 1 is 1.48 bits per heavy atom. The number of anilines is 2. The number of hydrogen-bond donors (Lipinski definition) is 3. The minimum Gasteiger partial charge on any atom is -0.492 e. The predicted molar refractivity (Wildman–Crippen MR) is 89.8 cm³/mol. The fraction of sp³-hybridized carbons (Fsp3) is 0.357. The van der Waals surface area contributed by atoms with Crippen molar-refractivity contribution in [3.8, 4) is 5.75 Å². The number of methoxy groups -OCH3 is 1. The fourth-order valence-corrected chi connectivity index (χ4v) is 3.65. The summed E-state index contributed by atoms with van der Waals surface area (Å²) < 4.78 is 5.32. The third-order valence-corrected chi connectivity index (χ3v) is 4.96. The van der Waals surface area contributed by atoms with Gasteiger partial charge in [0.25, 0.3) is 5.91 Å². The van der Waals surface area contributed by atoms with Crippen molar-refractivity contribution in [1.29, 1.82) is 0 Å². The molecule has 114 valence electrons. The van der Waals surface area contributed by atoms with E-state index in [1.807, 2.05) is 13.0 Å². The number of nitrogens with two attached hydrogens (primary N) is 1. The SMILES string of the molecule is CCNC(=O)c1sc(NCCc2cccs2)c(OC)c1N. The van der Waals surface area contributed by atoms with E-state index >= 15 is 0 Å². The van der Waals surface area contributed by atoms with Crippen LogP contribution in [0.2, 0.25) is 0 Å². The van der Waals surface area contributed by atoms with E-state index in [4.69, 9.17) is 10.5 Å². The molecule has 2 rings (SSSR count). The highest BCUT2D eigenvalue weighted by atomic mass is 32.1. The van der Waals surface area contributed by atoms with Crippen molar-refractivity contribution in [2.45, 2.75) is 13.3 Å². The molecule has 0 fully saturated rings. The summed E-state index contributed by atoms with van der Waals surface area (Å²) >= 11 is 3.06. The summed E-state index contributed by atoms with van der Waals surface area (Å²) in [5.74, 6) is 0.386. The summed E-state index contributed by atoms with van der Waals surface area (Å²) in [4.78, 5) is 13.8. The lowest BCUT2D eigenvalue weighted by Crippen LogP contribution is -2.22. The Bertz CT molecular complexity index is 594. The maximum absolute atomic E-state index is 11.9. The van der Waals surface area contributed by atoms with Crippen LogP contribution in [0.3, 0.4) is 0 Å². The van der Waals surface area contributed by atoms with Crippen molar-refractivity contribution >= 4 is 39.3 Å². The second kappa shape index (κ2) is 7.33. The van der Waals surface area contributed by atoms with Gasteiger partial charge in [0.05, 0.1) is 7.11 Å². The molecule has 0 bridgehead atoms. The number of rotatable bonds is 7. The van der Waals surface area contributed by atoms with Crippen molar-refractivity contribution < 1.29 is 9.53 Å². The number of thiophene rings is 2. The lowest BCUT2D eigenvalue weighted by Gasteiger charge is -2.06. The van der Waals surface area contributed by atoms with E-state index in [1.54, 1.807) is 18.4 Å². The van der Waals surface area contributed by atoms with Crippen molar-refractivity contribution in [2.24, 2.45) is 0 Å². The summed E-state index contributed by atoms with van der Waals surface area (Å²) in [5.41, 5.74) is 6.39. The molecule has 21 heavy (non-hydrogen) atoms. The zero-order chi connectivity index (χ0) is 15.2. The van der Waals surface area contributed by atoms with Gasteiger partial charge in [0.1, 0.15) is 15.6 Å². The largest absolute Gasteiger partial charge is 0.492 e. The smallest absolute Gasteiger partial charge is 0.263 e. The van der Waals surface area contributed by atoms with Gasteiger partial charge in [-0.3, -0.25) is 4.79 Å². The first-order valence-corrected chi connectivity index (χ1v) is 8.37. The molecule has 0 unspecified atom stereocenters. The topological polar surface area (TPSA) is 76.4 Å². The second-order valence-electron chi connectivity index (χ2n) is 4.32. The molecule has 1 amide bonds. The first kappa shape index (κ1) is 15.7. The van der Waals surface area contributed by atoms with Crippen LogP contribution in [0.15, 0.2) is 17.5 Å². The molecule has 2 heterocycles. The maximum Gasteiger partial charge on any atom is 0.263 e. The van der Waals surface area contributed by atoms with Crippen molar-refractivity contribution in [3.05, 3.63) is 27.3 Å². The predicted octanol–water partition coefficient (Wildman–Crippen LogP) is 2.80. The van der Waals surface area contributed by atoms with Gasteiger partial charge in [-0.05, 0) is 24.8 Å². The summed E-state index contributed by atoms with van der Waals surface area (Å²) in [5, 5.41) is 8.92. The molecule has 2 aromatic rings. The molecule has 4 N–H and O–H groups in total. The van der Waals surface area contributed by atoms with Crippen LogP contribution in [-0.4, -0.2) is 26.1 Å². The first-order chi connectivity index (χ1) is 10.2. The molecule has 0 aliphatic rings. The minimum atomic E-state index is -0.162. The highest BCUT2D eigenvalue weighted by Crippen LogP contribution is 2.42. The zero-order valence-corrected chi connectivity index (χ0v) is 13.7. The van der Waals surface area contributed by atoms with Gasteiger partial charge in [0.15, 0.2) is 5.75 Å². The molecule has 2 aromatic heterocycles. The van der Waals surface area contributed by atoms with E-state index in [0.29, 0.717) is 22.9 Å². The summed E-state index contributed by atoms with van der Waals surface area (Å²) in [6.07, 6.45) is 0.926. The molecular weight excluding hydrogens is 306 g/mol. The summed E-state index contributed by atoms with van der Waals surface area (Å²) in [7, 11) is 1.56. The molecule has 5 nitrogen and oxygen atoms in total. The van der Waals surface area contributed by atoms with E-state index in [2.05, 4.69) is 22.1 Å². The van der Waals surface area contributed by atoms with Gasteiger partial charge < -0.3 is 21.1 Å². The molecule has 0 aliphatic carbocycles. The molecule has 0 spiro atoms. The number of amides is 1. The quantitative estimate of drug-likeness (QED) is 0.731. The zero-order valence-electron chi connectivity index (χ0n) is 12.1. The minimum absolute atomic E-state index is 0.162. The monoisotopic (exact) mass is 325 g/mol. The van der Waals surface area contributed by atoms with Gasteiger partial charge in [-0.1, -0.05) is 6.07 Å². The number of hydrogen-bond acceptors (Lipinski definition) is 6. The summed E-state index contributed by atoms with van der Waals surface area (Å²) in [6.45, 7) is 3.21. The van der Waals surface area contributed by atoms with E-state index < -0.39 is 0 Å². The maximum atomic E-state index is 11.9. The molecule has 0 saturated heterocycles. The second-order valence-corrected chi connectivity index (χ2v) is 6.38. The summed E-state index contributed by atoms with van der Waals surface area (Å²) in [6, 6.07) is 4.14. The average Bonchev–Trinajstić information content (AvgIpc) is 3.07. The molecular formula is C14H19N3O2S2. The van der Waals surface area contributed by atoms with Gasteiger partial charge in [0.2, 0.25) is 0 Å². The van der Waals surface area contributed by atoms with Crippen LogP contribution in [0.4, 0.5) is 10.7 Å². The standard InChI is InChI=1S/C14H19N3O2S2/c1-3-16-13(18)12-10(15)11(19-2)14(21-12)17-7-6-9-5-4-8-20-9/h4-5,8,17H,3,6-7,15H2,1-2H3,(H,16,18). The van der Waals surface area contributed by atoms with Crippen LogP contribution in [0.1, 0.15) is 21.5 Å². The third-order valence-electron chi connectivity index (χ3n) is 2.88. The molecule has 0 aromatic carbocycles. The van der Waals surface area contributed by atoms with Gasteiger partial charge in [0, 0.05) is 18.0 Å². The van der Waals surface area contributed by atoms with Crippen molar-refractivity contribution in [1.82, 2.24) is 5.32 Å². The van der Waals surface area contributed by atoms with Gasteiger partial charge >= 0.3 is 0 Å². The lowest BCUT2D eigenvalue weighted by atomic mass is 10.3. The van der Waals surface area contributed by atoms with Crippen LogP contribution >= 0.6 is 22.7 Å². The van der Waals surface area contributed by atoms with Crippen LogP contribution < -0.4 is 21.1 Å². The first-order valence-electron chi connectivity index (χ1n) is 6.68. The van der Waals surface area contributed by atoms with Crippen LogP contribution in [-0.2, 0) is 6.42 Å². The molecule has 7 heteroatoms. The number of carbonyl (C=O) groups excluding carboxylic acids is 1. The van der Waals surface area contributed by atoms with Gasteiger partial charge in [-0.2, -0.15) is 0 Å². The van der Waals surface area contributed by atoms with Crippen LogP contribution in [0, 0.1) is 0 Å². The van der Waals surface area contributed by atoms with Crippen LogP contribution in [0.5, 0.6) is 5.75 Å². The van der Waals surface area contributed by atoms with Gasteiger partial charge in [-0.25, -0.2) is 0 Å². The Hall–Kier alpha value is -1.73. The number of nitrogen functional groups attached to an aromatic ring is 1. The lowest BCUT2D eigenvalue weighted by molar-refractivity contribution is 0.0960. The fourth-order valence-electron chi connectivity index (χ4n) is 1.91.